The summed E-state index contributed by atoms with van der Waals surface area (Å²) in [6, 6.07) is 16.1. The van der Waals surface area contributed by atoms with Crippen LogP contribution in [0.5, 0.6) is 0 Å². The van der Waals surface area contributed by atoms with Gasteiger partial charge in [0.2, 0.25) is 5.91 Å². The number of aromatic amines is 1. The van der Waals surface area contributed by atoms with Gasteiger partial charge in [0.05, 0.1) is 31.3 Å². The maximum atomic E-state index is 12.5. The molecule has 0 spiro atoms. The monoisotopic (exact) mass is 558 g/mol. The van der Waals surface area contributed by atoms with Gasteiger partial charge in [0.15, 0.2) is 5.82 Å². The summed E-state index contributed by atoms with van der Waals surface area (Å²) in [5.41, 5.74) is 3.75. The first-order chi connectivity index (χ1) is 20.0. The van der Waals surface area contributed by atoms with Crippen LogP contribution in [0.3, 0.4) is 0 Å². The molecule has 0 unspecified atom stereocenters. The summed E-state index contributed by atoms with van der Waals surface area (Å²) in [5, 5.41) is 28.1. The third-order valence-electron chi connectivity index (χ3n) is 7.47. The summed E-state index contributed by atoms with van der Waals surface area (Å²) >= 11 is 0. The zero-order valence-electron chi connectivity index (χ0n) is 23.3. The Hall–Kier alpha value is -4.09. The van der Waals surface area contributed by atoms with Gasteiger partial charge in [-0.2, -0.15) is 5.10 Å². The van der Waals surface area contributed by atoms with E-state index in [0.717, 1.165) is 74.0 Å². The van der Waals surface area contributed by atoms with E-state index in [4.69, 9.17) is 5.11 Å². The van der Waals surface area contributed by atoms with E-state index in [2.05, 4.69) is 42.9 Å². The molecular formula is C30H38N8O3. The average Bonchev–Trinajstić information content (AvgIpc) is 3.61. The zero-order chi connectivity index (χ0) is 28.4. The van der Waals surface area contributed by atoms with Crippen LogP contribution in [-0.4, -0.2) is 91.2 Å². The minimum absolute atomic E-state index is 0.0329. The molecule has 4 heterocycles. The predicted molar refractivity (Wildman–Crippen MR) is 158 cm³/mol. The Morgan fingerprint density at radius 1 is 0.878 bits per heavy atom. The zero-order valence-corrected chi connectivity index (χ0v) is 23.3. The number of nitrogens with one attached hydrogen (secondary N) is 2. The van der Waals surface area contributed by atoms with E-state index in [0.29, 0.717) is 18.9 Å². The van der Waals surface area contributed by atoms with Crippen molar-refractivity contribution >= 4 is 28.6 Å². The van der Waals surface area contributed by atoms with Crippen LogP contribution in [-0.2, 0) is 16.1 Å². The van der Waals surface area contributed by atoms with E-state index in [9.17, 15) is 9.59 Å². The molecule has 11 nitrogen and oxygen atoms in total. The van der Waals surface area contributed by atoms with E-state index in [1.54, 1.807) is 0 Å². The molecule has 2 fully saturated rings. The van der Waals surface area contributed by atoms with Gasteiger partial charge in [-0.25, -0.2) is 4.68 Å². The predicted octanol–water partition coefficient (Wildman–Crippen LogP) is 3.85. The molecule has 2 saturated heterocycles. The number of anilines is 1. The van der Waals surface area contributed by atoms with E-state index in [-0.39, 0.29) is 12.5 Å². The normalized spacial score (nSPS) is 16.2. The topological polar surface area (TPSA) is 132 Å². The number of nitrogens with zero attached hydrogens (tertiary/aromatic N) is 6. The first-order valence-electron chi connectivity index (χ1n) is 14.4. The second-order valence-electron chi connectivity index (χ2n) is 10.7. The highest BCUT2D eigenvalue weighted by molar-refractivity contribution is 6.01. The van der Waals surface area contributed by atoms with Crippen molar-refractivity contribution in [1.82, 2.24) is 35.0 Å². The number of carbonyl (C=O) groups is 2. The molecule has 0 aliphatic carbocycles. The van der Waals surface area contributed by atoms with E-state index < -0.39 is 5.97 Å². The Morgan fingerprint density at radius 3 is 2.24 bits per heavy atom. The standard InChI is InChI=1S/C23H25N7O.C7H13NO2/c31-22(16-29-11-5-2-6-12-29)24-23-19-13-18(9-10-20(19)25-27-23)21-15-30(28-26-21)14-17-7-3-1-4-8-17;9-7(10)6-8-4-2-1-3-5-8/h1,3-4,7-10,13,15H,2,5-6,11-12,14,16H2,(H2,24,25,27,31);1-6H2,(H,9,10). The Labute approximate surface area is 239 Å². The van der Waals surface area contributed by atoms with E-state index >= 15 is 0 Å². The Morgan fingerprint density at radius 2 is 1.56 bits per heavy atom. The number of fused-ring (bicyclic) bond motifs is 1. The number of carbonyl (C=O) groups excluding carboxylic acids is 1. The van der Waals surface area contributed by atoms with Gasteiger partial charge in [0.1, 0.15) is 5.69 Å². The molecule has 41 heavy (non-hydrogen) atoms. The van der Waals surface area contributed by atoms with Gasteiger partial charge < -0.3 is 10.4 Å². The van der Waals surface area contributed by atoms with Crippen molar-refractivity contribution in [3.05, 3.63) is 60.3 Å². The van der Waals surface area contributed by atoms with Crippen molar-refractivity contribution in [2.24, 2.45) is 0 Å². The van der Waals surface area contributed by atoms with Crippen molar-refractivity contribution in [2.75, 3.05) is 44.6 Å². The third kappa shape index (κ3) is 8.21. The molecule has 4 aromatic rings. The lowest BCUT2D eigenvalue weighted by atomic mass is 10.1. The quantitative estimate of drug-likeness (QED) is 0.297. The fraction of sp³-hybridized carbons (Fsp3) is 0.433. The number of hydrogen-bond donors (Lipinski definition) is 3. The molecular weight excluding hydrogens is 520 g/mol. The molecule has 0 saturated carbocycles. The lowest BCUT2D eigenvalue weighted by Gasteiger charge is -2.25. The lowest BCUT2D eigenvalue weighted by Crippen LogP contribution is -2.36. The molecule has 0 atom stereocenters. The maximum Gasteiger partial charge on any atom is 0.317 e. The molecule has 2 aromatic carbocycles. The van der Waals surface area contributed by atoms with Gasteiger partial charge >= 0.3 is 5.97 Å². The number of H-pyrrole nitrogens is 1. The van der Waals surface area contributed by atoms with Crippen molar-refractivity contribution in [1.29, 1.82) is 0 Å². The van der Waals surface area contributed by atoms with Crippen molar-refractivity contribution in [3.63, 3.8) is 0 Å². The Kier molecular flexibility index (Phi) is 9.71. The second kappa shape index (κ2) is 14.0. The van der Waals surface area contributed by atoms with Gasteiger partial charge in [-0.15, -0.1) is 5.10 Å². The summed E-state index contributed by atoms with van der Waals surface area (Å²) in [6.45, 7) is 5.19. The van der Waals surface area contributed by atoms with Crippen LogP contribution in [0.1, 0.15) is 44.1 Å². The van der Waals surface area contributed by atoms with Crippen LogP contribution in [0, 0.1) is 0 Å². The second-order valence-corrected chi connectivity index (χ2v) is 10.7. The summed E-state index contributed by atoms with van der Waals surface area (Å²) in [5.74, 6) is -0.188. The molecule has 2 aliphatic heterocycles. The smallest absolute Gasteiger partial charge is 0.317 e. The van der Waals surface area contributed by atoms with Gasteiger partial charge in [0.25, 0.3) is 0 Å². The number of likely N-dealkylation sites (tertiary alicyclic amines) is 2. The Balaban J connectivity index is 0.000000287. The lowest BCUT2D eigenvalue weighted by molar-refractivity contribution is -0.138. The number of piperidine rings is 2. The minimum atomic E-state index is -0.707. The molecule has 0 radical (unpaired) electrons. The molecule has 0 bridgehead atoms. The van der Waals surface area contributed by atoms with Crippen LogP contribution in [0.15, 0.2) is 54.7 Å². The number of aromatic nitrogens is 5. The largest absolute Gasteiger partial charge is 0.480 e. The summed E-state index contributed by atoms with van der Waals surface area (Å²) in [4.78, 5) is 26.9. The summed E-state index contributed by atoms with van der Waals surface area (Å²) in [6.07, 6.45) is 9.08. The number of carboxylic acid groups (broad SMARTS) is 1. The highest BCUT2D eigenvalue weighted by Gasteiger charge is 2.17. The molecule has 1 amide bonds. The van der Waals surface area contributed by atoms with Gasteiger partial charge in [-0.05, 0) is 69.6 Å². The van der Waals surface area contributed by atoms with Crippen LogP contribution in [0.25, 0.3) is 22.2 Å². The summed E-state index contributed by atoms with van der Waals surface area (Å²) in [7, 11) is 0. The first kappa shape index (κ1) is 28.4. The number of hydrogen-bond acceptors (Lipinski definition) is 7. The molecule has 3 N–H and O–H groups in total. The van der Waals surface area contributed by atoms with Crippen LogP contribution in [0.4, 0.5) is 5.82 Å². The number of aliphatic carboxylic acids is 1. The van der Waals surface area contributed by atoms with E-state index in [1.165, 1.54) is 18.4 Å². The third-order valence-corrected chi connectivity index (χ3v) is 7.47. The van der Waals surface area contributed by atoms with E-state index in [1.807, 2.05) is 52.2 Å². The van der Waals surface area contributed by atoms with Crippen molar-refractivity contribution in [2.45, 2.75) is 45.1 Å². The van der Waals surface area contributed by atoms with Crippen LogP contribution < -0.4 is 5.32 Å². The number of amides is 1. The molecule has 216 valence electrons. The highest BCUT2D eigenvalue weighted by atomic mass is 16.4. The molecule has 2 aromatic heterocycles. The summed E-state index contributed by atoms with van der Waals surface area (Å²) < 4.78 is 1.82. The number of carboxylic acids is 1. The maximum absolute atomic E-state index is 12.5. The minimum Gasteiger partial charge on any atom is -0.480 e. The fourth-order valence-corrected chi connectivity index (χ4v) is 5.35. The van der Waals surface area contributed by atoms with Crippen molar-refractivity contribution in [3.8, 4) is 11.3 Å². The van der Waals surface area contributed by atoms with Crippen LogP contribution in [0.2, 0.25) is 0 Å². The SMILES string of the molecule is O=C(CN1CCCCC1)Nc1n[nH]c2ccc(-c3cn(Cc4ccccc4)nn3)cc12.O=C(O)CN1CCCCC1. The number of benzene rings is 2. The average molecular weight is 559 g/mol. The fourth-order valence-electron chi connectivity index (χ4n) is 5.35. The van der Waals surface area contributed by atoms with Gasteiger partial charge in [-0.1, -0.05) is 54.5 Å². The van der Waals surface area contributed by atoms with Gasteiger partial charge in [-0.3, -0.25) is 24.5 Å². The molecule has 2 aliphatic rings. The van der Waals surface area contributed by atoms with Crippen molar-refractivity contribution < 1.29 is 14.7 Å². The van der Waals surface area contributed by atoms with Crippen LogP contribution >= 0.6 is 0 Å². The highest BCUT2D eigenvalue weighted by Crippen LogP contribution is 2.26. The first-order valence-corrected chi connectivity index (χ1v) is 14.4. The van der Waals surface area contributed by atoms with Gasteiger partial charge in [0, 0.05) is 10.9 Å². The number of rotatable bonds is 8. The Bertz CT molecular complexity index is 1420. The molecule has 6 rings (SSSR count). The molecule has 11 heteroatoms.